The number of rotatable bonds is 3. The molecule has 6 nitrogen and oxygen atoms in total. The first kappa shape index (κ1) is 20.4. The predicted octanol–water partition coefficient (Wildman–Crippen LogP) is 3.43. The summed E-state index contributed by atoms with van der Waals surface area (Å²) in [6, 6.07) is 8.78. The lowest BCUT2D eigenvalue weighted by Gasteiger charge is -2.17. The highest BCUT2D eigenvalue weighted by molar-refractivity contribution is 6.04. The van der Waals surface area contributed by atoms with Gasteiger partial charge in [0.05, 0.1) is 30.0 Å². The fourth-order valence-electron chi connectivity index (χ4n) is 3.07. The topological polar surface area (TPSA) is 94.6 Å². The second-order valence-corrected chi connectivity index (χ2v) is 6.42. The molecule has 1 aromatic heterocycles. The lowest BCUT2D eigenvalue weighted by molar-refractivity contribution is -0.137. The minimum Gasteiger partial charge on any atom is -0.465 e. The van der Waals surface area contributed by atoms with Crippen molar-refractivity contribution >= 4 is 22.6 Å². The summed E-state index contributed by atoms with van der Waals surface area (Å²) in [6.45, 7) is 1.50. The van der Waals surface area contributed by atoms with Gasteiger partial charge in [-0.3, -0.25) is 9.36 Å². The Labute approximate surface area is 162 Å². The van der Waals surface area contributed by atoms with Crippen LogP contribution in [0.15, 0.2) is 47.3 Å². The van der Waals surface area contributed by atoms with Crippen LogP contribution in [0, 0.1) is 0 Å². The molecule has 3 rings (SSSR count). The number of aliphatic hydroxyl groups excluding tert-OH is 1. The van der Waals surface area contributed by atoms with E-state index in [9.17, 15) is 27.9 Å². The molecule has 0 radical (unpaired) electrons. The highest BCUT2D eigenvalue weighted by Gasteiger charge is 2.32. The maximum absolute atomic E-state index is 13.3. The summed E-state index contributed by atoms with van der Waals surface area (Å²) >= 11 is 0. The molecule has 0 aliphatic heterocycles. The number of aliphatic hydroxyl groups is 1. The number of halogens is 3. The van der Waals surface area contributed by atoms with Crippen LogP contribution in [0.3, 0.4) is 0 Å². The van der Waals surface area contributed by atoms with Crippen LogP contribution in [0.5, 0.6) is 0 Å². The monoisotopic (exact) mass is 406 g/mol. The van der Waals surface area contributed by atoms with E-state index in [1.807, 2.05) is 0 Å². The van der Waals surface area contributed by atoms with Crippen molar-refractivity contribution in [3.63, 3.8) is 0 Å². The van der Waals surface area contributed by atoms with Gasteiger partial charge in [0.2, 0.25) is 0 Å². The number of pyridine rings is 1. The molecule has 0 aliphatic carbocycles. The summed E-state index contributed by atoms with van der Waals surface area (Å²) < 4.78 is 45.4. The summed E-state index contributed by atoms with van der Waals surface area (Å²) in [4.78, 5) is 25.2. The number of benzene rings is 2. The van der Waals surface area contributed by atoms with E-state index in [1.54, 1.807) is 6.07 Å². The van der Waals surface area contributed by atoms with Crippen molar-refractivity contribution in [3.8, 4) is 5.69 Å². The Balaban J connectivity index is 2.49. The van der Waals surface area contributed by atoms with Gasteiger partial charge in [-0.1, -0.05) is 18.2 Å². The largest absolute Gasteiger partial charge is 0.465 e. The molecule has 2 aromatic carbocycles. The average Bonchev–Trinajstić information content (AvgIpc) is 2.67. The van der Waals surface area contributed by atoms with Crippen LogP contribution < -0.4 is 11.3 Å². The van der Waals surface area contributed by atoms with Crippen LogP contribution >= 0.6 is 0 Å². The van der Waals surface area contributed by atoms with Crippen LogP contribution in [0.2, 0.25) is 0 Å². The van der Waals surface area contributed by atoms with Crippen LogP contribution in [0.1, 0.15) is 34.5 Å². The number of carbonyl (C=O) groups excluding carboxylic acids is 1. The molecule has 1 unspecified atom stereocenters. The van der Waals surface area contributed by atoms with Gasteiger partial charge in [-0.2, -0.15) is 13.2 Å². The molecule has 29 heavy (non-hydrogen) atoms. The van der Waals surface area contributed by atoms with Gasteiger partial charge < -0.3 is 15.6 Å². The predicted molar refractivity (Wildman–Crippen MR) is 101 cm³/mol. The molecule has 0 spiro atoms. The van der Waals surface area contributed by atoms with Gasteiger partial charge in [0.1, 0.15) is 5.56 Å². The van der Waals surface area contributed by atoms with Gasteiger partial charge in [0, 0.05) is 11.1 Å². The zero-order valence-corrected chi connectivity index (χ0v) is 15.4. The third-order valence-electron chi connectivity index (χ3n) is 4.54. The number of methoxy groups -OCH3 is 1. The Morgan fingerprint density at radius 3 is 2.48 bits per heavy atom. The third-order valence-corrected chi connectivity index (χ3v) is 4.54. The SMILES string of the molecule is COC(=O)c1c(N)c2ccc(C(F)(F)F)cc2n(-c2cccc(C(C)O)c2)c1=O. The lowest BCUT2D eigenvalue weighted by atomic mass is 10.0. The summed E-state index contributed by atoms with van der Waals surface area (Å²) in [6.07, 6.45) is -5.52. The standard InChI is InChI=1S/C20H17F3N2O4/c1-10(26)11-4-3-5-13(8-11)25-15-9-12(20(21,22)23)6-7-14(15)17(24)16(18(25)27)19(28)29-2/h3-10,26H,24H2,1-2H3. The number of fused-ring (bicyclic) bond motifs is 1. The average molecular weight is 406 g/mol. The Kier molecular flexibility index (Phi) is 5.10. The normalized spacial score (nSPS) is 12.8. The number of aromatic nitrogens is 1. The fraction of sp³-hybridized carbons (Fsp3) is 0.200. The molecule has 0 aliphatic rings. The highest BCUT2D eigenvalue weighted by Crippen LogP contribution is 2.34. The second kappa shape index (κ2) is 7.25. The van der Waals surface area contributed by atoms with Gasteiger partial charge >= 0.3 is 12.1 Å². The second-order valence-electron chi connectivity index (χ2n) is 6.42. The first-order chi connectivity index (χ1) is 13.6. The van der Waals surface area contributed by atoms with E-state index < -0.39 is 34.9 Å². The number of hydrogen-bond acceptors (Lipinski definition) is 5. The molecule has 0 fully saturated rings. The zero-order valence-electron chi connectivity index (χ0n) is 15.4. The Morgan fingerprint density at radius 2 is 1.90 bits per heavy atom. The van der Waals surface area contributed by atoms with E-state index >= 15 is 0 Å². The van der Waals surface area contributed by atoms with E-state index in [0.29, 0.717) is 5.56 Å². The number of ether oxygens (including phenoxy) is 1. The van der Waals surface area contributed by atoms with Crippen molar-refractivity contribution in [1.29, 1.82) is 0 Å². The smallest absolute Gasteiger partial charge is 0.416 e. The first-order valence-electron chi connectivity index (χ1n) is 8.48. The molecule has 0 saturated carbocycles. The lowest BCUT2D eigenvalue weighted by Crippen LogP contribution is -2.28. The molecule has 0 saturated heterocycles. The maximum Gasteiger partial charge on any atom is 0.416 e. The van der Waals surface area contributed by atoms with Crippen LogP contribution in [0.4, 0.5) is 18.9 Å². The molecule has 3 N–H and O–H groups in total. The van der Waals surface area contributed by atoms with Crippen LogP contribution in [-0.2, 0) is 10.9 Å². The summed E-state index contributed by atoms with van der Waals surface area (Å²) in [5.41, 5.74) is 3.77. The molecule has 1 atom stereocenters. The van der Waals surface area contributed by atoms with Gasteiger partial charge in [-0.25, -0.2) is 4.79 Å². The van der Waals surface area contributed by atoms with Crippen molar-refractivity contribution in [3.05, 3.63) is 69.5 Å². The molecule has 0 bridgehead atoms. The van der Waals surface area contributed by atoms with Crippen molar-refractivity contribution in [2.45, 2.75) is 19.2 Å². The van der Waals surface area contributed by atoms with Crippen molar-refractivity contribution in [2.24, 2.45) is 0 Å². The summed E-state index contributed by atoms with van der Waals surface area (Å²) in [5.74, 6) is -1.00. The third kappa shape index (κ3) is 3.56. The van der Waals surface area contributed by atoms with E-state index in [4.69, 9.17) is 5.73 Å². The molecule has 9 heteroatoms. The number of anilines is 1. The molecule has 3 aromatic rings. The minimum atomic E-state index is -4.65. The van der Waals surface area contributed by atoms with Gasteiger partial charge in [0.25, 0.3) is 5.56 Å². The number of hydrogen-bond donors (Lipinski definition) is 2. The van der Waals surface area contributed by atoms with Crippen LogP contribution in [-0.4, -0.2) is 22.8 Å². The number of esters is 1. The van der Waals surface area contributed by atoms with E-state index in [1.165, 1.54) is 25.1 Å². The number of nitrogens with zero attached hydrogens (tertiary/aromatic N) is 1. The maximum atomic E-state index is 13.3. The molecular weight excluding hydrogens is 389 g/mol. The van der Waals surface area contributed by atoms with Gasteiger partial charge in [-0.05, 0) is 36.8 Å². The Morgan fingerprint density at radius 1 is 1.21 bits per heavy atom. The van der Waals surface area contributed by atoms with Crippen LogP contribution in [0.25, 0.3) is 16.6 Å². The van der Waals surface area contributed by atoms with Crippen molar-refractivity contribution in [1.82, 2.24) is 4.57 Å². The van der Waals surface area contributed by atoms with Gasteiger partial charge in [0.15, 0.2) is 0 Å². The van der Waals surface area contributed by atoms with E-state index in [2.05, 4.69) is 4.74 Å². The zero-order chi connectivity index (χ0) is 21.5. The van der Waals surface area contributed by atoms with Gasteiger partial charge in [-0.15, -0.1) is 0 Å². The molecule has 152 valence electrons. The minimum absolute atomic E-state index is 0.0838. The number of carbonyl (C=O) groups is 1. The molecular formula is C20H17F3N2O4. The quantitative estimate of drug-likeness (QED) is 0.650. The fourth-order valence-corrected chi connectivity index (χ4v) is 3.07. The number of nitrogens with two attached hydrogens (primary N) is 1. The molecule has 0 amide bonds. The van der Waals surface area contributed by atoms with E-state index in [0.717, 1.165) is 29.9 Å². The Hall–Kier alpha value is -3.33. The number of nitrogen functional groups attached to an aromatic ring is 1. The van der Waals surface area contributed by atoms with Crippen molar-refractivity contribution in [2.75, 3.05) is 12.8 Å². The number of alkyl halides is 3. The summed E-state index contributed by atoms with van der Waals surface area (Å²) in [5, 5.41) is 9.91. The molecule has 1 heterocycles. The van der Waals surface area contributed by atoms with E-state index in [-0.39, 0.29) is 22.3 Å². The summed E-state index contributed by atoms with van der Waals surface area (Å²) in [7, 11) is 1.07. The Bertz CT molecular complexity index is 1170. The highest BCUT2D eigenvalue weighted by atomic mass is 19.4. The first-order valence-corrected chi connectivity index (χ1v) is 8.48. The van der Waals surface area contributed by atoms with Crippen molar-refractivity contribution < 1.29 is 27.8 Å².